The summed E-state index contributed by atoms with van der Waals surface area (Å²) in [5, 5.41) is 19.3. The molecule has 16 heteroatoms. The van der Waals surface area contributed by atoms with Gasteiger partial charge in [0, 0.05) is 24.2 Å². The molecule has 2 fully saturated rings. The van der Waals surface area contributed by atoms with Crippen LogP contribution in [0.4, 0.5) is 32.0 Å². The van der Waals surface area contributed by atoms with Gasteiger partial charge in [0.1, 0.15) is 6.10 Å². The number of nitrogens with zero attached hydrogens (tertiary/aromatic N) is 2. The Morgan fingerprint density at radius 1 is 1.08 bits per heavy atom. The van der Waals surface area contributed by atoms with Crippen LogP contribution in [0.3, 0.4) is 0 Å². The van der Waals surface area contributed by atoms with Crippen molar-refractivity contribution in [2.75, 3.05) is 18.4 Å². The average molecular weight is 571 g/mol. The molecule has 1 amide bonds. The van der Waals surface area contributed by atoms with Crippen LogP contribution in [-0.4, -0.2) is 75.6 Å². The van der Waals surface area contributed by atoms with Crippen LogP contribution >= 0.6 is 11.3 Å². The number of ether oxygens (including phenoxy) is 1. The number of carbonyl (C=O) groups excluding carboxylic acids is 1. The number of amides is 1. The number of likely N-dealkylation sites (tertiary alicyclic amines) is 1. The molecule has 0 radical (unpaired) electrons. The predicted molar refractivity (Wildman–Crippen MR) is 121 cm³/mol. The van der Waals surface area contributed by atoms with Crippen LogP contribution in [0.25, 0.3) is 0 Å². The molecule has 3 atom stereocenters. The van der Waals surface area contributed by atoms with Crippen LogP contribution in [-0.2, 0) is 25.7 Å². The minimum absolute atomic E-state index is 0.0535. The van der Waals surface area contributed by atoms with Crippen LogP contribution in [0.15, 0.2) is 42.0 Å². The third kappa shape index (κ3) is 10.3. The Labute approximate surface area is 216 Å². The normalized spacial score (nSPS) is 21.2. The topological polar surface area (TPSA) is 129 Å². The van der Waals surface area contributed by atoms with Crippen molar-refractivity contribution in [2.45, 2.75) is 43.9 Å². The number of alkyl halides is 6. The smallest absolute Gasteiger partial charge is 0.475 e. The van der Waals surface area contributed by atoms with E-state index in [-0.39, 0.29) is 18.1 Å². The van der Waals surface area contributed by atoms with Crippen LogP contribution in [0, 0.1) is 5.92 Å². The van der Waals surface area contributed by atoms with Crippen LogP contribution in [0.1, 0.15) is 17.7 Å². The highest BCUT2D eigenvalue weighted by Crippen LogP contribution is 2.34. The number of carboxylic acids is 2. The zero-order chi connectivity index (χ0) is 28.5. The summed E-state index contributed by atoms with van der Waals surface area (Å²) in [5.74, 6) is -5.07. The van der Waals surface area contributed by atoms with Gasteiger partial charge < -0.3 is 20.3 Å². The molecule has 2 aliphatic heterocycles. The summed E-state index contributed by atoms with van der Waals surface area (Å²) >= 11 is 1.80. The van der Waals surface area contributed by atoms with Crippen LogP contribution in [0.5, 0.6) is 0 Å². The molecule has 38 heavy (non-hydrogen) atoms. The number of carboxylic acid groups (broad SMARTS) is 2. The van der Waals surface area contributed by atoms with Gasteiger partial charge in [0.25, 0.3) is 5.91 Å². The molecule has 2 saturated heterocycles. The minimum atomic E-state index is -5.08. The Kier molecular flexibility index (Phi) is 11.0. The number of fused-ring (bicyclic) bond motifs is 1. The van der Waals surface area contributed by atoms with Crippen molar-refractivity contribution in [3.63, 3.8) is 0 Å². The molecule has 210 valence electrons. The molecular weight excluding hydrogens is 548 g/mol. The highest BCUT2D eigenvalue weighted by Gasteiger charge is 2.42. The van der Waals surface area contributed by atoms with Crippen molar-refractivity contribution in [2.24, 2.45) is 5.92 Å². The minimum Gasteiger partial charge on any atom is -0.475 e. The molecule has 0 saturated carbocycles. The summed E-state index contributed by atoms with van der Waals surface area (Å²) in [6.07, 6.45) is -5.07. The van der Waals surface area contributed by atoms with E-state index in [1.165, 1.54) is 4.88 Å². The maximum atomic E-state index is 12.4. The monoisotopic (exact) mass is 571 g/mol. The molecule has 0 spiro atoms. The fraction of sp³-hybridized carbons (Fsp3) is 0.455. The van der Waals surface area contributed by atoms with Gasteiger partial charge in [-0.1, -0.05) is 6.07 Å². The number of halogens is 6. The van der Waals surface area contributed by atoms with Crippen LogP contribution < -0.4 is 5.32 Å². The summed E-state index contributed by atoms with van der Waals surface area (Å²) < 4.78 is 69.6. The van der Waals surface area contributed by atoms with Gasteiger partial charge in [-0.25, -0.2) is 9.59 Å². The standard InChI is InChI=1S/C18H21N3O2S.2C2HF3O2/c22-18(20-14-3-1-6-19-10-14)16-9-13-5-7-21(12-17(13)23-16)11-15-4-2-8-24-15;2*3-2(4,5)1(6)7/h1-4,6,8,10,13,16-17H,5,7,9,11-12H2,(H,20,22);2*(H,6,7)/t13-,16+,17-;;/m0../s1. The van der Waals surface area contributed by atoms with Crippen molar-refractivity contribution < 1.29 is 55.7 Å². The molecule has 2 aromatic heterocycles. The number of aliphatic carboxylic acids is 2. The lowest BCUT2D eigenvalue weighted by Crippen LogP contribution is -2.41. The van der Waals surface area contributed by atoms with E-state index in [2.05, 4.69) is 32.7 Å². The zero-order valence-electron chi connectivity index (χ0n) is 19.4. The summed E-state index contributed by atoms with van der Waals surface area (Å²) in [5.41, 5.74) is 0.722. The molecule has 9 nitrogen and oxygen atoms in total. The zero-order valence-corrected chi connectivity index (χ0v) is 20.2. The van der Waals surface area contributed by atoms with E-state index < -0.39 is 24.3 Å². The Bertz CT molecular complexity index is 1030. The molecule has 0 aliphatic carbocycles. The van der Waals surface area contributed by atoms with Gasteiger partial charge in [-0.05, 0) is 48.9 Å². The SMILES string of the molecule is O=C(Nc1cccnc1)[C@H]1C[C@@H]2CCN(Cc3cccs3)C[C@@H]2O1.O=C(O)C(F)(F)F.O=C(O)C(F)(F)F. The quantitative estimate of drug-likeness (QED) is 0.470. The third-order valence-corrected chi connectivity index (χ3v) is 6.16. The predicted octanol–water partition coefficient (Wildman–Crippen LogP) is 4.03. The first-order chi connectivity index (χ1) is 17.7. The molecule has 0 aromatic carbocycles. The van der Waals surface area contributed by atoms with Crippen molar-refractivity contribution in [3.05, 3.63) is 46.9 Å². The van der Waals surface area contributed by atoms with E-state index in [4.69, 9.17) is 24.5 Å². The van der Waals surface area contributed by atoms with E-state index in [9.17, 15) is 31.1 Å². The first-order valence-electron chi connectivity index (χ1n) is 10.9. The number of carbonyl (C=O) groups is 3. The Morgan fingerprint density at radius 2 is 1.71 bits per heavy atom. The van der Waals surface area contributed by atoms with Gasteiger partial charge in [0.05, 0.1) is 18.0 Å². The lowest BCUT2D eigenvalue weighted by molar-refractivity contribution is -0.193. The molecule has 2 aliphatic rings. The third-order valence-electron chi connectivity index (χ3n) is 5.30. The number of hydrogen-bond donors (Lipinski definition) is 3. The first kappa shape index (κ1) is 31.0. The summed E-state index contributed by atoms with van der Waals surface area (Å²) in [7, 11) is 0. The molecule has 4 rings (SSSR count). The van der Waals surface area contributed by atoms with Gasteiger partial charge in [0.15, 0.2) is 0 Å². The maximum absolute atomic E-state index is 12.4. The second-order valence-electron chi connectivity index (χ2n) is 8.10. The molecule has 4 heterocycles. The van der Waals surface area contributed by atoms with Gasteiger partial charge in [-0.15, -0.1) is 11.3 Å². The highest BCUT2D eigenvalue weighted by atomic mass is 32.1. The number of nitrogens with one attached hydrogen (secondary N) is 1. The van der Waals surface area contributed by atoms with Gasteiger partial charge in [-0.2, -0.15) is 26.3 Å². The maximum Gasteiger partial charge on any atom is 0.490 e. The van der Waals surface area contributed by atoms with Gasteiger partial charge in [-0.3, -0.25) is 14.7 Å². The van der Waals surface area contributed by atoms with E-state index in [0.717, 1.165) is 38.2 Å². The van der Waals surface area contributed by atoms with Crippen molar-refractivity contribution in [1.29, 1.82) is 0 Å². The number of anilines is 1. The number of piperidine rings is 1. The number of hydrogen-bond acceptors (Lipinski definition) is 7. The summed E-state index contributed by atoms with van der Waals surface area (Å²) in [6, 6.07) is 7.93. The van der Waals surface area contributed by atoms with Gasteiger partial charge >= 0.3 is 24.3 Å². The van der Waals surface area contributed by atoms with E-state index >= 15 is 0 Å². The van der Waals surface area contributed by atoms with E-state index in [1.54, 1.807) is 23.7 Å². The van der Waals surface area contributed by atoms with E-state index in [0.29, 0.717) is 5.92 Å². The molecule has 0 bridgehead atoms. The Balaban J connectivity index is 0.000000301. The van der Waals surface area contributed by atoms with Crippen molar-refractivity contribution >= 4 is 34.9 Å². The molecule has 3 N–H and O–H groups in total. The number of rotatable bonds is 4. The second kappa shape index (κ2) is 13.5. The molecule has 0 unspecified atom stereocenters. The largest absolute Gasteiger partial charge is 0.490 e. The van der Waals surface area contributed by atoms with Crippen molar-refractivity contribution in [3.8, 4) is 0 Å². The Hall–Kier alpha value is -3.24. The lowest BCUT2D eigenvalue weighted by Gasteiger charge is -2.33. The van der Waals surface area contributed by atoms with Crippen LogP contribution in [0.2, 0.25) is 0 Å². The average Bonchev–Trinajstić information content (AvgIpc) is 3.49. The summed E-state index contributed by atoms with van der Waals surface area (Å²) in [4.78, 5) is 38.1. The fourth-order valence-electron chi connectivity index (χ4n) is 3.59. The first-order valence-corrected chi connectivity index (χ1v) is 11.8. The number of aromatic nitrogens is 1. The molecule has 2 aromatic rings. The molecular formula is C22H23F6N3O6S. The number of thiophene rings is 1. The summed E-state index contributed by atoms with van der Waals surface area (Å²) in [6.45, 7) is 2.98. The van der Waals surface area contributed by atoms with Crippen molar-refractivity contribution in [1.82, 2.24) is 9.88 Å². The highest BCUT2D eigenvalue weighted by molar-refractivity contribution is 7.09. The fourth-order valence-corrected chi connectivity index (χ4v) is 4.34. The number of pyridine rings is 1. The van der Waals surface area contributed by atoms with E-state index in [1.807, 2.05) is 12.1 Å². The Morgan fingerprint density at radius 3 is 2.21 bits per heavy atom. The van der Waals surface area contributed by atoms with Gasteiger partial charge in [0.2, 0.25) is 0 Å². The second-order valence-corrected chi connectivity index (χ2v) is 9.13. The lowest BCUT2D eigenvalue weighted by atomic mass is 9.91.